The number of furan rings is 1. The number of para-hydroxylation sites is 1. The van der Waals surface area contributed by atoms with Crippen molar-refractivity contribution >= 4 is 50.9 Å². The van der Waals surface area contributed by atoms with E-state index in [1.54, 1.807) is 37.4 Å². The van der Waals surface area contributed by atoms with Gasteiger partial charge in [-0.2, -0.15) is 0 Å². The summed E-state index contributed by atoms with van der Waals surface area (Å²) in [5.41, 5.74) is 1.33. The Morgan fingerprint density at radius 3 is 2.53 bits per heavy atom. The first kappa shape index (κ1) is 19.8. The normalized spacial score (nSPS) is 10.9. The van der Waals surface area contributed by atoms with Crippen LogP contribution >= 0.6 is 11.6 Å². The Morgan fingerprint density at radius 2 is 1.83 bits per heavy atom. The highest BCUT2D eigenvalue weighted by atomic mass is 35.5. The zero-order valence-electron chi connectivity index (χ0n) is 16.3. The molecule has 0 bridgehead atoms. The van der Waals surface area contributed by atoms with Crippen molar-refractivity contribution in [2.75, 3.05) is 12.4 Å². The Kier molecular flexibility index (Phi) is 5.33. The van der Waals surface area contributed by atoms with E-state index in [2.05, 4.69) is 5.32 Å². The molecule has 3 aromatic carbocycles. The second-order valence-corrected chi connectivity index (χ2v) is 7.05. The lowest BCUT2D eigenvalue weighted by atomic mass is 10.0. The fourth-order valence-electron chi connectivity index (χ4n) is 3.35. The summed E-state index contributed by atoms with van der Waals surface area (Å²) in [5, 5.41) is 5.37. The number of hydrogen-bond donors (Lipinski definition) is 1. The Bertz CT molecular complexity index is 1260. The summed E-state index contributed by atoms with van der Waals surface area (Å²) < 4.78 is 16.4. The number of amides is 1. The molecule has 4 rings (SSSR count). The third kappa shape index (κ3) is 3.69. The highest BCUT2D eigenvalue weighted by Crippen LogP contribution is 2.39. The molecule has 1 N–H and O–H groups in total. The smallest absolute Gasteiger partial charge is 0.303 e. The molecular formula is C23H18ClNO5. The zero-order valence-corrected chi connectivity index (χ0v) is 17.1. The number of carbonyl (C=O) groups is 2. The van der Waals surface area contributed by atoms with Crippen LogP contribution in [0.1, 0.15) is 23.0 Å². The zero-order chi connectivity index (χ0) is 21.3. The van der Waals surface area contributed by atoms with E-state index in [1.807, 2.05) is 24.3 Å². The van der Waals surface area contributed by atoms with E-state index in [9.17, 15) is 9.59 Å². The first-order valence-corrected chi connectivity index (χ1v) is 9.57. The topological polar surface area (TPSA) is 77.8 Å². The van der Waals surface area contributed by atoms with Gasteiger partial charge in [-0.25, -0.2) is 0 Å². The fourth-order valence-corrected chi connectivity index (χ4v) is 3.61. The van der Waals surface area contributed by atoms with Gasteiger partial charge in [0.25, 0.3) is 5.91 Å². The van der Waals surface area contributed by atoms with Gasteiger partial charge in [-0.15, -0.1) is 0 Å². The molecule has 0 aliphatic rings. The van der Waals surface area contributed by atoms with E-state index in [1.165, 1.54) is 6.92 Å². The van der Waals surface area contributed by atoms with E-state index < -0.39 is 5.97 Å². The maximum Gasteiger partial charge on any atom is 0.303 e. The number of methoxy groups -OCH3 is 1. The SMILES string of the molecule is COc1ccc2c(Cl)cc3oc(COC(C)=O)c(C(=O)Nc4ccccc4)c3c2c1. The molecule has 152 valence electrons. The molecule has 30 heavy (non-hydrogen) atoms. The second kappa shape index (κ2) is 8.08. The minimum Gasteiger partial charge on any atom is -0.497 e. The van der Waals surface area contributed by atoms with Crippen molar-refractivity contribution < 1.29 is 23.5 Å². The van der Waals surface area contributed by atoms with Crippen LogP contribution in [0.2, 0.25) is 5.02 Å². The highest BCUT2D eigenvalue weighted by molar-refractivity contribution is 6.38. The van der Waals surface area contributed by atoms with E-state index in [4.69, 9.17) is 25.5 Å². The molecule has 0 fully saturated rings. The molecule has 0 unspecified atom stereocenters. The van der Waals surface area contributed by atoms with Gasteiger partial charge in [0.2, 0.25) is 0 Å². The molecule has 1 heterocycles. The summed E-state index contributed by atoms with van der Waals surface area (Å²) in [6.07, 6.45) is 0. The van der Waals surface area contributed by atoms with Crippen molar-refractivity contribution in [3.05, 3.63) is 70.9 Å². The maximum absolute atomic E-state index is 13.3. The molecule has 0 spiro atoms. The second-order valence-electron chi connectivity index (χ2n) is 6.64. The van der Waals surface area contributed by atoms with Crippen LogP contribution in [0.4, 0.5) is 5.69 Å². The fraction of sp³-hybridized carbons (Fsp3) is 0.130. The highest BCUT2D eigenvalue weighted by Gasteiger charge is 2.25. The lowest BCUT2D eigenvalue weighted by Crippen LogP contribution is -2.14. The largest absolute Gasteiger partial charge is 0.497 e. The molecule has 0 atom stereocenters. The third-order valence-corrected chi connectivity index (χ3v) is 5.00. The lowest BCUT2D eigenvalue weighted by molar-refractivity contribution is -0.142. The van der Waals surface area contributed by atoms with Crippen LogP contribution in [0.5, 0.6) is 5.75 Å². The predicted molar refractivity (Wildman–Crippen MR) is 115 cm³/mol. The lowest BCUT2D eigenvalue weighted by Gasteiger charge is -2.09. The van der Waals surface area contributed by atoms with Crippen molar-refractivity contribution in [1.29, 1.82) is 0 Å². The van der Waals surface area contributed by atoms with Crippen LogP contribution in [0.3, 0.4) is 0 Å². The summed E-state index contributed by atoms with van der Waals surface area (Å²) in [6, 6.07) is 16.1. The first-order valence-electron chi connectivity index (χ1n) is 9.19. The van der Waals surface area contributed by atoms with Crippen LogP contribution in [0.25, 0.3) is 21.7 Å². The summed E-state index contributed by atoms with van der Waals surface area (Å²) >= 11 is 6.44. The summed E-state index contributed by atoms with van der Waals surface area (Å²) in [4.78, 5) is 24.6. The van der Waals surface area contributed by atoms with Crippen LogP contribution < -0.4 is 10.1 Å². The number of halogens is 1. The molecular weight excluding hydrogens is 406 g/mol. The quantitative estimate of drug-likeness (QED) is 0.425. The van der Waals surface area contributed by atoms with Gasteiger partial charge < -0.3 is 19.2 Å². The minimum atomic E-state index is -0.477. The number of esters is 1. The van der Waals surface area contributed by atoms with Crippen molar-refractivity contribution in [3.63, 3.8) is 0 Å². The molecule has 0 saturated carbocycles. The number of fused-ring (bicyclic) bond motifs is 3. The van der Waals surface area contributed by atoms with Crippen molar-refractivity contribution in [2.24, 2.45) is 0 Å². The van der Waals surface area contributed by atoms with Gasteiger partial charge in [0.1, 0.15) is 17.9 Å². The molecule has 0 radical (unpaired) electrons. The summed E-state index contributed by atoms with van der Waals surface area (Å²) in [6.45, 7) is 1.12. The molecule has 0 aliphatic carbocycles. The van der Waals surface area contributed by atoms with Crippen LogP contribution in [0, 0.1) is 0 Å². The Hall–Kier alpha value is -3.51. The van der Waals surface area contributed by atoms with Gasteiger partial charge in [0.15, 0.2) is 5.76 Å². The number of anilines is 1. The van der Waals surface area contributed by atoms with Crippen molar-refractivity contribution in [1.82, 2.24) is 0 Å². The number of benzene rings is 3. The molecule has 1 amide bonds. The first-order chi connectivity index (χ1) is 14.5. The number of carbonyl (C=O) groups excluding carboxylic acids is 2. The molecule has 1 aromatic heterocycles. The van der Waals surface area contributed by atoms with Crippen LogP contribution in [-0.4, -0.2) is 19.0 Å². The molecule has 4 aromatic rings. The molecule has 7 heteroatoms. The van der Waals surface area contributed by atoms with Gasteiger partial charge >= 0.3 is 5.97 Å². The number of nitrogens with one attached hydrogen (secondary N) is 1. The van der Waals surface area contributed by atoms with Gasteiger partial charge in [-0.05, 0) is 35.7 Å². The van der Waals surface area contributed by atoms with E-state index >= 15 is 0 Å². The predicted octanol–water partition coefficient (Wildman–Crippen LogP) is 5.56. The average molecular weight is 424 g/mol. The molecule has 0 saturated heterocycles. The minimum absolute atomic E-state index is 0.176. The monoisotopic (exact) mass is 423 g/mol. The van der Waals surface area contributed by atoms with E-state index in [-0.39, 0.29) is 23.8 Å². The summed E-state index contributed by atoms with van der Waals surface area (Å²) in [7, 11) is 1.56. The van der Waals surface area contributed by atoms with Crippen LogP contribution in [0.15, 0.2) is 59.0 Å². The van der Waals surface area contributed by atoms with E-state index in [0.29, 0.717) is 32.8 Å². The summed E-state index contributed by atoms with van der Waals surface area (Å²) in [5.74, 6) is -0.00813. The number of rotatable bonds is 5. The van der Waals surface area contributed by atoms with Gasteiger partial charge in [-0.3, -0.25) is 9.59 Å². The van der Waals surface area contributed by atoms with Crippen LogP contribution in [-0.2, 0) is 16.1 Å². The Labute approximate surface area is 177 Å². The average Bonchev–Trinajstić information content (AvgIpc) is 3.11. The van der Waals surface area contributed by atoms with E-state index in [0.717, 1.165) is 5.39 Å². The molecule has 0 aliphatic heterocycles. The maximum atomic E-state index is 13.3. The standard InChI is InChI=1S/C23H18ClNO5/c1-13(26)29-12-20-22(23(27)25-14-6-4-3-5-7-14)21-17-10-15(28-2)8-9-16(17)18(24)11-19(21)30-20/h3-11H,12H2,1-2H3,(H,25,27). The van der Waals surface area contributed by atoms with Gasteiger partial charge in [-0.1, -0.05) is 29.8 Å². The number of hydrogen-bond acceptors (Lipinski definition) is 5. The van der Waals surface area contributed by atoms with Gasteiger partial charge in [0.05, 0.1) is 17.7 Å². The van der Waals surface area contributed by atoms with Gasteiger partial charge in [0, 0.05) is 29.4 Å². The third-order valence-electron chi connectivity index (χ3n) is 4.68. The molecule has 6 nitrogen and oxygen atoms in total. The van der Waals surface area contributed by atoms with Crippen molar-refractivity contribution in [3.8, 4) is 5.75 Å². The Morgan fingerprint density at radius 1 is 1.07 bits per heavy atom. The number of ether oxygens (including phenoxy) is 2. The Balaban J connectivity index is 1.95. The van der Waals surface area contributed by atoms with Crippen molar-refractivity contribution in [2.45, 2.75) is 13.5 Å².